The zero-order valence-electron chi connectivity index (χ0n) is 24.6. The third-order valence-electron chi connectivity index (χ3n) is 8.92. The first-order valence-electron chi connectivity index (χ1n) is 14.5. The highest BCUT2D eigenvalue weighted by Gasteiger charge is 2.36. The predicted molar refractivity (Wildman–Crippen MR) is 169 cm³/mol. The molecule has 10 nitrogen and oxygen atoms in total. The average Bonchev–Trinajstić information content (AvgIpc) is 3.13. The zero-order valence-corrected chi connectivity index (χ0v) is 24.6. The number of carbonyl (C=O) groups excluding carboxylic acids is 1. The van der Waals surface area contributed by atoms with Gasteiger partial charge in [0.2, 0.25) is 0 Å². The van der Waals surface area contributed by atoms with Crippen LogP contribution in [0.4, 0.5) is 5.69 Å². The maximum absolute atomic E-state index is 14.0. The largest absolute Gasteiger partial charge is 0.504 e. The van der Waals surface area contributed by atoms with Crippen LogP contribution in [0, 0.1) is 0 Å². The smallest absolute Gasteiger partial charge is 0.190 e. The van der Waals surface area contributed by atoms with Crippen LogP contribution in [0.1, 0.15) is 54.0 Å². The lowest BCUT2D eigenvalue weighted by atomic mass is 9.78. The standard InChI is InChI=1S/C34H33NO9/c1-14-9-19-18(5-4-7-36)32(35-6-8-37)26-20(41)10-16(12-38)23-24-17(13-39)11-21(42)27-29(24)30(25(19)28(23)26)31(22(14)15(2)40)34(44-3)33(27)43/h9-11,22,35-39,43H,4-8,12-13H2,1-3H3. The van der Waals surface area contributed by atoms with Crippen LogP contribution in [-0.2, 0) is 24.4 Å². The summed E-state index contributed by atoms with van der Waals surface area (Å²) in [6.45, 7) is 1.92. The van der Waals surface area contributed by atoms with Crippen molar-refractivity contribution in [3.63, 3.8) is 0 Å². The Balaban J connectivity index is 2.13. The fourth-order valence-corrected chi connectivity index (χ4v) is 7.40. The maximum Gasteiger partial charge on any atom is 0.190 e. The van der Waals surface area contributed by atoms with Gasteiger partial charge >= 0.3 is 0 Å². The predicted octanol–water partition coefficient (Wildman–Crippen LogP) is 3.01. The van der Waals surface area contributed by atoms with Crippen LogP contribution in [-0.4, -0.2) is 58.2 Å². The first-order valence-corrected chi connectivity index (χ1v) is 14.5. The number of methoxy groups -OCH3 is 1. The molecule has 44 heavy (non-hydrogen) atoms. The normalized spacial score (nSPS) is 14.7. The summed E-state index contributed by atoms with van der Waals surface area (Å²) in [7, 11) is 1.35. The van der Waals surface area contributed by atoms with Gasteiger partial charge in [-0.1, -0.05) is 11.6 Å². The number of anilines is 1. The summed E-state index contributed by atoms with van der Waals surface area (Å²) in [5.41, 5.74) is 2.29. The van der Waals surface area contributed by atoms with Gasteiger partial charge in [0.05, 0.1) is 43.6 Å². The summed E-state index contributed by atoms with van der Waals surface area (Å²) in [4.78, 5) is 41.1. The molecule has 1 atom stereocenters. The molecule has 0 radical (unpaired) electrons. The van der Waals surface area contributed by atoms with Crippen LogP contribution in [0.5, 0.6) is 11.5 Å². The van der Waals surface area contributed by atoms with Gasteiger partial charge in [-0.2, -0.15) is 0 Å². The molecule has 6 rings (SSSR count). The third-order valence-corrected chi connectivity index (χ3v) is 8.92. The molecule has 0 spiro atoms. The number of allylic oxidation sites excluding steroid dienone is 1. The highest BCUT2D eigenvalue weighted by atomic mass is 16.5. The molecular weight excluding hydrogens is 566 g/mol. The van der Waals surface area contributed by atoms with Crippen LogP contribution in [0.25, 0.3) is 49.2 Å². The van der Waals surface area contributed by atoms with Crippen molar-refractivity contribution in [2.75, 3.05) is 32.2 Å². The number of Topliss-reactive ketones (excluding diaryl/α,β-unsaturated/α-hetero) is 1. The van der Waals surface area contributed by atoms with Gasteiger partial charge in [-0.3, -0.25) is 14.4 Å². The van der Waals surface area contributed by atoms with Crippen molar-refractivity contribution < 1.29 is 35.1 Å². The fraction of sp³-hybridized carbons (Fsp3) is 0.324. The van der Waals surface area contributed by atoms with Crippen molar-refractivity contribution in [3.8, 4) is 11.5 Å². The number of phenols is 1. The number of ketones is 1. The van der Waals surface area contributed by atoms with Crippen molar-refractivity contribution in [1.29, 1.82) is 0 Å². The molecule has 0 amide bonds. The number of fused-ring (bicyclic) bond motifs is 1. The van der Waals surface area contributed by atoms with Crippen LogP contribution >= 0.6 is 0 Å². The molecule has 5 aromatic rings. The van der Waals surface area contributed by atoms with Gasteiger partial charge in [0.15, 0.2) is 22.4 Å². The minimum Gasteiger partial charge on any atom is -0.504 e. The minimum atomic E-state index is -0.896. The van der Waals surface area contributed by atoms with Gasteiger partial charge in [0.1, 0.15) is 5.78 Å². The third kappa shape index (κ3) is 3.92. The molecule has 10 heteroatoms. The molecule has 1 aliphatic carbocycles. The molecule has 228 valence electrons. The molecule has 0 saturated carbocycles. The summed E-state index contributed by atoms with van der Waals surface area (Å²) < 4.78 is 5.74. The molecule has 0 aromatic heterocycles. The lowest BCUT2D eigenvalue weighted by Crippen LogP contribution is -2.16. The zero-order chi connectivity index (χ0) is 31.6. The van der Waals surface area contributed by atoms with Crippen LogP contribution in [0.2, 0.25) is 0 Å². The summed E-state index contributed by atoms with van der Waals surface area (Å²) in [5.74, 6) is -1.61. The second-order valence-electron chi connectivity index (χ2n) is 11.4. The van der Waals surface area contributed by atoms with Crippen molar-refractivity contribution in [3.05, 3.63) is 66.0 Å². The number of ether oxygens (including phenoxy) is 1. The number of carbonyl (C=O) groups is 1. The van der Waals surface area contributed by atoms with E-state index in [1.54, 1.807) is 6.92 Å². The van der Waals surface area contributed by atoms with E-state index in [1.807, 2.05) is 6.08 Å². The molecule has 0 bridgehead atoms. The van der Waals surface area contributed by atoms with E-state index in [0.29, 0.717) is 73.1 Å². The maximum atomic E-state index is 14.0. The van der Waals surface area contributed by atoms with Gasteiger partial charge in [-0.05, 0) is 82.6 Å². The second kappa shape index (κ2) is 11.0. The van der Waals surface area contributed by atoms with Crippen molar-refractivity contribution >= 4 is 60.6 Å². The SMILES string of the molecule is COc1c(O)c2c(=O)cc(CO)c3c4c(CO)cc(=O)c5c(NCCO)c(CCCO)c6c(c(c1C(C(C)=O)C(C)=C6)c23)c54. The van der Waals surface area contributed by atoms with Crippen molar-refractivity contribution in [2.45, 2.75) is 45.8 Å². The Kier molecular flexibility index (Phi) is 7.41. The summed E-state index contributed by atoms with van der Waals surface area (Å²) in [5, 5.41) is 58.3. The Hall–Kier alpha value is -4.35. The topological polar surface area (TPSA) is 174 Å². The Morgan fingerprint density at radius 2 is 1.48 bits per heavy atom. The average molecular weight is 600 g/mol. The molecule has 1 unspecified atom stereocenters. The molecule has 1 aliphatic rings. The fourth-order valence-electron chi connectivity index (χ4n) is 7.40. The van der Waals surface area contributed by atoms with Crippen LogP contribution in [0.15, 0.2) is 27.3 Å². The lowest BCUT2D eigenvalue weighted by molar-refractivity contribution is -0.117. The number of rotatable bonds is 10. The molecule has 0 fully saturated rings. The van der Waals surface area contributed by atoms with Gasteiger partial charge in [0, 0.05) is 35.2 Å². The second-order valence-corrected chi connectivity index (χ2v) is 11.4. The number of hydrogen-bond donors (Lipinski definition) is 6. The molecule has 6 N–H and O–H groups in total. The number of aliphatic hydroxyl groups is 4. The monoisotopic (exact) mass is 599 g/mol. The first kappa shape index (κ1) is 29.7. The highest BCUT2D eigenvalue weighted by molar-refractivity contribution is 6.39. The van der Waals surface area contributed by atoms with Gasteiger partial charge in [-0.15, -0.1) is 0 Å². The quantitative estimate of drug-likeness (QED) is 0.103. The van der Waals surface area contributed by atoms with Crippen molar-refractivity contribution in [1.82, 2.24) is 0 Å². The van der Waals surface area contributed by atoms with E-state index >= 15 is 0 Å². The molecule has 0 aliphatic heterocycles. The number of aromatic hydroxyl groups is 1. The van der Waals surface area contributed by atoms with E-state index in [1.165, 1.54) is 26.2 Å². The summed E-state index contributed by atoms with van der Waals surface area (Å²) >= 11 is 0. The van der Waals surface area contributed by atoms with Crippen LogP contribution in [0.3, 0.4) is 0 Å². The van der Waals surface area contributed by atoms with Crippen LogP contribution < -0.4 is 20.9 Å². The number of hydrogen-bond acceptors (Lipinski definition) is 10. The van der Waals surface area contributed by atoms with Gasteiger partial charge in [0.25, 0.3) is 0 Å². The molecule has 0 heterocycles. The molecule has 0 saturated heterocycles. The number of benzene rings is 5. The van der Waals surface area contributed by atoms with E-state index < -0.39 is 35.7 Å². The van der Waals surface area contributed by atoms with Gasteiger partial charge in [-0.25, -0.2) is 0 Å². The summed E-state index contributed by atoms with van der Waals surface area (Å²) in [6.07, 6.45) is 2.54. The number of nitrogens with one attached hydrogen (secondary N) is 1. The van der Waals surface area contributed by atoms with E-state index in [4.69, 9.17) is 4.74 Å². The van der Waals surface area contributed by atoms with E-state index in [9.17, 15) is 39.9 Å². The van der Waals surface area contributed by atoms with Gasteiger partial charge < -0.3 is 35.6 Å². The lowest BCUT2D eigenvalue weighted by Gasteiger charge is -2.26. The molecular formula is C34H33NO9. The Morgan fingerprint density at radius 1 is 0.864 bits per heavy atom. The Morgan fingerprint density at radius 3 is 2.02 bits per heavy atom. The van der Waals surface area contributed by atoms with E-state index in [2.05, 4.69) is 5.32 Å². The molecule has 5 aromatic carbocycles. The summed E-state index contributed by atoms with van der Waals surface area (Å²) in [6, 6.07) is 2.56. The minimum absolute atomic E-state index is 0.0373. The number of phenolic OH excluding ortho intramolecular Hbond substituents is 1. The highest BCUT2D eigenvalue weighted by Crippen LogP contribution is 2.56. The Labute approximate surface area is 251 Å². The Bertz CT molecular complexity index is 2150. The first-order chi connectivity index (χ1) is 21.2. The van der Waals surface area contributed by atoms with Crippen molar-refractivity contribution in [2.24, 2.45) is 0 Å². The van der Waals surface area contributed by atoms with E-state index in [0.717, 1.165) is 0 Å². The number of aliphatic hydroxyl groups excluding tert-OH is 4. The van der Waals surface area contributed by atoms with E-state index in [-0.39, 0.29) is 53.2 Å².